The highest BCUT2D eigenvalue weighted by Gasteiger charge is 2.41. The Morgan fingerprint density at radius 3 is 2.33 bits per heavy atom. The van der Waals surface area contributed by atoms with E-state index in [1.54, 1.807) is 18.6 Å². The van der Waals surface area contributed by atoms with E-state index in [9.17, 15) is 26.4 Å². The molecule has 3 rings (SSSR count). The number of carbonyl (C=O) groups is 1. The molecule has 0 spiro atoms. The van der Waals surface area contributed by atoms with Crippen molar-refractivity contribution in [1.82, 2.24) is 19.9 Å². The molecular weight excluding hydrogens is 644 g/mol. The average Bonchev–Trinajstić information content (AvgIpc) is 3.49. The minimum atomic E-state index is -4.80. The predicted octanol–water partition coefficient (Wildman–Crippen LogP) is 6.25. The zero-order valence-corrected chi connectivity index (χ0v) is 26.6. The SMILES string of the molecule is CC[C@H](NS(=O)(=O)c1ccc(-c2sc(-c3nnc(CC(C)(C)OC=O)o3)nc2CC(C)(C)OC)c(Cl)c1Cl)C(F)(F)F. The van der Waals surface area contributed by atoms with E-state index in [4.69, 9.17) is 37.1 Å². The lowest BCUT2D eigenvalue weighted by atomic mass is 10.00. The van der Waals surface area contributed by atoms with Gasteiger partial charge >= 0.3 is 6.18 Å². The van der Waals surface area contributed by atoms with Crippen LogP contribution in [0.3, 0.4) is 0 Å². The third-order valence-electron chi connectivity index (χ3n) is 6.12. The van der Waals surface area contributed by atoms with Crippen molar-refractivity contribution >= 4 is 51.0 Å². The Kier molecular flexibility index (Phi) is 10.4. The van der Waals surface area contributed by atoms with E-state index in [0.29, 0.717) is 22.1 Å². The van der Waals surface area contributed by atoms with E-state index in [2.05, 4.69) is 15.2 Å². The minimum absolute atomic E-state index is 0.0722. The molecule has 2 heterocycles. The van der Waals surface area contributed by atoms with Crippen LogP contribution in [0.5, 0.6) is 0 Å². The van der Waals surface area contributed by atoms with Gasteiger partial charge in [0.1, 0.15) is 16.5 Å². The summed E-state index contributed by atoms with van der Waals surface area (Å²) in [5.41, 5.74) is -0.812. The summed E-state index contributed by atoms with van der Waals surface area (Å²) in [6.45, 7) is 8.54. The molecule has 3 aromatic rings. The fourth-order valence-corrected chi connectivity index (χ4v) is 7.01. The molecule has 0 amide bonds. The first-order chi connectivity index (χ1) is 19.3. The highest BCUT2D eigenvalue weighted by atomic mass is 35.5. The van der Waals surface area contributed by atoms with Gasteiger partial charge in [-0.15, -0.1) is 21.5 Å². The Labute approximate surface area is 255 Å². The van der Waals surface area contributed by atoms with Gasteiger partial charge < -0.3 is 13.9 Å². The van der Waals surface area contributed by atoms with E-state index in [-0.39, 0.29) is 35.2 Å². The number of hydrogen-bond acceptors (Lipinski definition) is 10. The van der Waals surface area contributed by atoms with Gasteiger partial charge in [0, 0.05) is 19.1 Å². The summed E-state index contributed by atoms with van der Waals surface area (Å²) in [5, 5.41) is 7.71. The zero-order chi connectivity index (χ0) is 31.7. The van der Waals surface area contributed by atoms with Crippen LogP contribution in [-0.4, -0.2) is 60.6 Å². The van der Waals surface area contributed by atoms with Crippen molar-refractivity contribution < 1.29 is 40.3 Å². The normalized spacial score (nSPS) is 13.8. The van der Waals surface area contributed by atoms with Gasteiger partial charge in [-0.3, -0.25) is 4.79 Å². The van der Waals surface area contributed by atoms with Gasteiger partial charge in [0.15, 0.2) is 5.01 Å². The summed E-state index contributed by atoms with van der Waals surface area (Å²) >= 11 is 14.0. The summed E-state index contributed by atoms with van der Waals surface area (Å²) in [4.78, 5) is 15.3. The van der Waals surface area contributed by atoms with Crippen LogP contribution in [0.15, 0.2) is 21.4 Å². The number of rotatable bonds is 13. The molecule has 232 valence electrons. The van der Waals surface area contributed by atoms with Crippen molar-refractivity contribution in [1.29, 1.82) is 0 Å². The van der Waals surface area contributed by atoms with Crippen LogP contribution in [0.4, 0.5) is 13.2 Å². The summed E-state index contributed by atoms with van der Waals surface area (Å²) in [5.74, 6) is 0.266. The van der Waals surface area contributed by atoms with Crippen LogP contribution < -0.4 is 4.72 Å². The van der Waals surface area contributed by atoms with Gasteiger partial charge in [0.25, 0.3) is 12.4 Å². The number of hydrogen-bond donors (Lipinski definition) is 1. The molecule has 42 heavy (non-hydrogen) atoms. The number of methoxy groups -OCH3 is 1. The lowest BCUT2D eigenvalue weighted by molar-refractivity contribution is -0.151. The fourth-order valence-electron chi connectivity index (χ4n) is 3.74. The number of ether oxygens (including phenoxy) is 2. The molecule has 0 fully saturated rings. The van der Waals surface area contributed by atoms with Crippen LogP contribution >= 0.6 is 34.5 Å². The van der Waals surface area contributed by atoms with Gasteiger partial charge in [-0.05, 0) is 40.2 Å². The molecule has 1 aromatic carbocycles. The van der Waals surface area contributed by atoms with Crippen molar-refractivity contribution in [2.24, 2.45) is 0 Å². The van der Waals surface area contributed by atoms with Crippen molar-refractivity contribution in [2.75, 3.05) is 7.11 Å². The first-order valence-corrected chi connectivity index (χ1v) is 15.5. The van der Waals surface area contributed by atoms with E-state index in [0.717, 1.165) is 17.4 Å². The van der Waals surface area contributed by atoms with Gasteiger partial charge in [-0.2, -0.15) is 17.9 Å². The second-order valence-corrected chi connectivity index (χ2v) is 13.9. The molecule has 0 radical (unpaired) electrons. The first kappa shape index (κ1) is 34.2. The number of thiazole rings is 1. The Balaban J connectivity index is 2.08. The number of carbonyl (C=O) groups excluding carboxylic acids is 1. The van der Waals surface area contributed by atoms with E-state index >= 15 is 0 Å². The van der Waals surface area contributed by atoms with E-state index in [1.165, 1.54) is 20.1 Å². The molecule has 0 unspecified atom stereocenters. The average molecular weight is 674 g/mol. The summed E-state index contributed by atoms with van der Waals surface area (Å²) in [6, 6.07) is 0.120. The molecule has 17 heteroatoms. The molecular formula is C25H29Cl2F3N4O6S2. The first-order valence-electron chi connectivity index (χ1n) is 12.4. The van der Waals surface area contributed by atoms with Crippen LogP contribution in [0.2, 0.25) is 10.0 Å². The molecule has 2 aromatic heterocycles. The van der Waals surface area contributed by atoms with Crippen LogP contribution in [0.1, 0.15) is 52.6 Å². The summed E-state index contributed by atoms with van der Waals surface area (Å²) in [7, 11) is -3.16. The van der Waals surface area contributed by atoms with Crippen molar-refractivity contribution in [2.45, 2.75) is 82.2 Å². The van der Waals surface area contributed by atoms with Crippen molar-refractivity contribution in [3.8, 4) is 21.3 Å². The standard InChI is InChI=1S/C25H29Cl2F3N4O6S2/c1-7-16(25(28,29)30)34-42(36,37)15-9-8-13(18(26)19(15)27)20-14(10-23(2,3)38-6)31-22(41-20)21-33-32-17(40-21)11-24(4,5)39-12-35/h8-9,12,16,34H,7,10-11H2,1-6H3/t16-/m0/s1. The third-order valence-corrected chi connectivity index (χ3v) is 9.75. The molecule has 1 atom stereocenters. The number of nitrogens with one attached hydrogen (secondary N) is 1. The number of aromatic nitrogens is 3. The molecule has 0 bridgehead atoms. The predicted molar refractivity (Wildman–Crippen MR) is 151 cm³/mol. The Morgan fingerprint density at radius 1 is 1.10 bits per heavy atom. The largest absolute Gasteiger partial charge is 0.461 e. The number of nitrogens with zero attached hydrogens (tertiary/aromatic N) is 3. The third kappa shape index (κ3) is 7.99. The van der Waals surface area contributed by atoms with Crippen LogP contribution in [-0.2, 0) is 37.1 Å². The molecule has 0 saturated heterocycles. The van der Waals surface area contributed by atoms with Gasteiger partial charge in [0.05, 0.1) is 32.6 Å². The highest BCUT2D eigenvalue weighted by molar-refractivity contribution is 7.89. The second kappa shape index (κ2) is 12.7. The number of alkyl halides is 3. The number of benzene rings is 1. The molecule has 0 saturated carbocycles. The number of halogens is 5. The smallest absolute Gasteiger partial charge is 0.404 e. The Hall–Kier alpha value is -2.30. The topological polar surface area (TPSA) is 134 Å². The van der Waals surface area contributed by atoms with Gasteiger partial charge in [-0.1, -0.05) is 36.2 Å². The van der Waals surface area contributed by atoms with Gasteiger partial charge in [-0.25, -0.2) is 13.4 Å². The van der Waals surface area contributed by atoms with Crippen LogP contribution in [0.25, 0.3) is 21.3 Å². The maximum absolute atomic E-state index is 13.3. The van der Waals surface area contributed by atoms with Crippen molar-refractivity contribution in [3.63, 3.8) is 0 Å². The molecule has 0 aliphatic rings. The van der Waals surface area contributed by atoms with E-state index in [1.807, 2.05) is 13.8 Å². The zero-order valence-electron chi connectivity index (χ0n) is 23.4. The maximum atomic E-state index is 13.3. The lowest BCUT2D eigenvalue weighted by Gasteiger charge is -2.22. The molecule has 1 N–H and O–H groups in total. The van der Waals surface area contributed by atoms with Gasteiger partial charge in [0.2, 0.25) is 15.9 Å². The summed E-state index contributed by atoms with van der Waals surface area (Å²) in [6.07, 6.45) is -4.91. The quantitative estimate of drug-likeness (QED) is 0.209. The Bertz CT molecular complexity index is 1540. The second-order valence-electron chi connectivity index (χ2n) is 10.4. The number of sulfonamides is 1. The molecule has 0 aliphatic heterocycles. The fraction of sp³-hybridized carbons (Fsp3) is 0.520. The van der Waals surface area contributed by atoms with E-state index < -0.39 is 49.8 Å². The Morgan fingerprint density at radius 2 is 1.76 bits per heavy atom. The lowest BCUT2D eigenvalue weighted by Crippen LogP contribution is -2.44. The van der Waals surface area contributed by atoms with Crippen molar-refractivity contribution in [3.05, 3.63) is 33.8 Å². The maximum Gasteiger partial charge on any atom is 0.404 e. The summed E-state index contributed by atoms with van der Waals surface area (Å²) < 4.78 is 83.5. The molecule has 10 nitrogen and oxygen atoms in total. The monoisotopic (exact) mass is 672 g/mol. The molecule has 0 aliphatic carbocycles. The van der Waals surface area contributed by atoms with Crippen LogP contribution in [0, 0.1) is 0 Å². The minimum Gasteiger partial charge on any atom is -0.461 e. The highest BCUT2D eigenvalue weighted by Crippen LogP contribution is 2.44.